The highest BCUT2D eigenvalue weighted by atomic mass is 19.1. The highest BCUT2D eigenvalue weighted by Crippen LogP contribution is 2.17. The summed E-state index contributed by atoms with van der Waals surface area (Å²) in [6, 6.07) is 9.43. The first-order valence-electron chi connectivity index (χ1n) is 11.2. The van der Waals surface area contributed by atoms with Crippen molar-refractivity contribution in [3.8, 4) is 0 Å². The molecule has 2 heterocycles. The van der Waals surface area contributed by atoms with E-state index in [1.54, 1.807) is 13.0 Å². The Kier molecular flexibility index (Phi) is 8.23. The number of hydrogen-bond acceptors (Lipinski definition) is 4. The van der Waals surface area contributed by atoms with Gasteiger partial charge in [0.25, 0.3) is 0 Å². The van der Waals surface area contributed by atoms with Crippen LogP contribution >= 0.6 is 0 Å². The molecule has 1 aromatic heterocycles. The van der Waals surface area contributed by atoms with Gasteiger partial charge in [-0.05, 0) is 62.2 Å². The van der Waals surface area contributed by atoms with Gasteiger partial charge in [0, 0.05) is 38.9 Å². The monoisotopic (exact) mass is 426 g/mol. The molecule has 1 aliphatic heterocycles. The Labute approximate surface area is 185 Å². The zero-order valence-electron chi connectivity index (χ0n) is 19.2. The maximum absolute atomic E-state index is 13.9. The summed E-state index contributed by atoms with van der Waals surface area (Å²) < 4.78 is 13.9. The zero-order valence-corrected chi connectivity index (χ0v) is 19.2. The fourth-order valence-electron chi connectivity index (χ4n) is 3.68. The van der Waals surface area contributed by atoms with E-state index in [2.05, 4.69) is 38.4 Å². The predicted octanol–water partition coefficient (Wildman–Crippen LogP) is 3.49. The zero-order chi connectivity index (χ0) is 22.2. The van der Waals surface area contributed by atoms with Crippen LogP contribution in [0.15, 0.2) is 41.5 Å². The Hall–Kier alpha value is -2.67. The average molecular weight is 427 g/mol. The molecule has 31 heavy (non-hydrogen) atoms. The number of piperazine rings is 1. The second kappa shape index (κ2) is 11.1. The summed E-state index contributed by atoms with van der Waals surface area (Å²) >= 11 is 0. The number of hydrogen-bond donors (Lipinski definition) is 2. The van der Waals surface area contributed by atoms with Crippen molar-refractivity contribution in [2.24, 2.45) is 4.99 Å². The Morgan fingerprint density at radius 3 is 2.61 bits per heavy atom. The molecular formula is C24H35FN6. The van der Waals surface area contributed by atoms with Gasteiger partial charge in [-0.2, -0.15) is 0 Å². The topological polar surface area (TPSA) is 55.8 Å². The van der Waals surface area contributed by atoms with Crippen LogP contribution in [0.2, 0.25) is 0 Å². The van der Waals surface area contributed by atoms with Crippen molar-refractivity contribution in [2.75, 3.05) is 44.2 Å². The molecule has 6 nitrogen and oxygen atoms in total. The fourth-order valence-corrected chi connectivity index (χ4v) is 3.68. The van der Waals surface area contributed by atoms with Gasteiger partial charge in [-0.25, -0.2) is 14.4 Å². The van der Waals surface area contributed by atoms with Gasteiger partial charge in [0.05, 0.1) is 12.6 Å². The lowest BCUT2D eigenvalue weighted by Gasteiger charge is -2.34. The highest BCUT2D eigenvalue weighted by Gasteiger charge is 2.17. The molecule has 1 fully saturated rings. The van der Waals surface area contributed by atoms with E-state index in [4.69, 9.17) is 4.99 Å². The molecule has 1 unspecified atom stereocenters. The second-order valence-corrected chi connectivity index (χ2v) is 8.01. The van der Waals surface area contributed by atoms with Gasteiger partial charge in [0.1, 0.15) is 11.6 Å². The third kappa shape index (κ3) is 6.40. The van der Waals surface area contributed by atoms with Crippen molar-refractivity contribution in [3.05, 3.63) is 59.0 Å². The molecule has 0 bridgehead atoms. The number of pyridine rings is 1. The summed E-state index contributed by atoms with van der Waals surface area (Å²) in [5.41, 5.74) is 2.67. The van der Waals surface area contributed by atoms with Crippen molar-refractivity contribution in [1.29, 1.82) is 0 Å². The van der Waals surface area contributed by atoms with E-state index in [0.29, 0.717) is 18.1 Å². The molecule has 0 saturated carbocycles. The largest absolute Gasteiger partial charge is 0.357 e. The maximum Gasteiger partial charge on any atom is 0.192 e. The molecule has 7 heteroatoms. The summed E-state index contributed by atoms with van der Waals surface area (Å²) in [6.45, 7) is 14.6. The van der Waals surface area contributed by atoms with Gasteiger partial charge in [0.15, 0.2) is 5.96 Å². The van der Waals surface area contributed by atoms with E-state index in [9.17, 15) is 4.39 Å². The van der Waals surface area contributed by atoms with E-state index in [-0.39, 0.29) is 11.9 Å². The smallest absolute Gasteiger partial charge is 0.192 e. The lowest BCUT2D eigenvalue weighted by atomic mass is 10.1. The minimum Gasteiger partial charge on any atom is -0.357 e. The number of rotatable bonds is 7. The molecule has 1 saturated heterocycles. The van der Waals surface area contributed by atoms with Crippen LogP contribution < -0.4 is 15.5 Å². The van der Waals surface area contributed by atoms with Crippen molar-refractivity contribution in [2.45, 2.75) is 40.3 Å². The number of nitrogens with zero attached hydrogens (tertiary/aromatic N) is 4. The number of halogens is 1. The van der Waals surface area contributed by atoms with Crippen LogP contribution in [0.1, 0.15) is 43.5 Å². The molecule has 0 radical (unpaired) electrons. The molecule has 1 atom stereocenters. The summed E-state index contributed by atoms with van der Waals surface area (Å²) in [6.07, 6.45) is 1.87. The van der Waals surface area contributed by atoms with Crippen molar-refractivity contribution in [3.63, 3.8) is 0 Å². The standard InChI is InChI=1S/C24H35FN6/c1-5-26-24(29-19(4)21-8-7-18(3)22(25)16-21)28-17-20-9-10-27-23(15-20)31-13-11-30(6-2)12-14-31/h7-10,15-16,19H,5-6,11-14,17H2,1-4H3,(H2,26,28,29). The third-order valence-corrected chi connectivity index (χ3v) is 5.77. The van der Waals surface area contributed by atoms with Crippen molar-refractivity contribution >= 4 is 11.8 Å². The highest BCUT2D eigenvalue weighted by molar-refractivity contribution is 5.80. The van der Waals surface area contributed by atoms with Gasteiger partial charge in [-0.1, -0.05) is 19.1 Å². The van der Waals surface area contributed by atoms with E-state index in [1.807, 2.05) is 38.2 Å². The molecule has 2 aromatic rings. The maximum atomic E-state index is 13.9. The van der Waals surface area contributed by atoms with Gasteiger partial charge in [-0.15, -0.1) is 0 Å². The third-order valence-electron chi connectivity index (χ3n) is 5.77. The van der Waals surface area contributed by atoms with Gasteiger partial charge in [-0.3, -0.25) is 0 Å². The van der Waals surface area contributed by atoms with Gasteiger partial charge in [0.2, 0.25) is 0 Å². The molecular weight excluding hydrogens is 391 g/mol. The Bertz CT molecular complexity index is 876. The SMILES string of the molecule is CCNC(=NCc1ccnc(N2CCN(CC)CC2)c1)NC(C)c1ccc(C)c(F)c1. The minimum absolute atomic E-state index is 0.0595. The Morgan fingerprint density at radius 2 is 1.94 bits per heavy atom. The van der Waals surface area contributed by atoms with Crippen molar-refractivity contribution in [1.82, 2.24) is 20.5 Å². The van der Waals surface area contributed by atoms with Crippen LogP contribution in [0.3, 0.4) is 0 Å². The second-order valence-electron chi connectivity index (χ2n) is 8.01. The van der Waals surface area contributed by atoms with Crippen molar-refractivity contribution < 1.29 is 4.39 Å². The van der Waals surface area contributed by atoms with Crippen LogP contribution in [-0.4, -0.2) is 55.1 Å². The molecule has 1 aliphatic rings. The molecule has 0 amide bonds. The first kappa shape index (κ1) is 23.0. The summed E-state index contributed by atoms with van der Waals surface area (Å²) in [7, 11) is 0. The summed E-state index contributed by atoms with van der Waals surface area (Å²) in [5, 5.41) is 6.66. The fraction of sp³-hybridized carbons (Fsp3) is 0.500. The average Bonchev–Trinajstić information content (AvgIpc) is 2.79. The molecule has 1 aromatic carbocycles. The normalized spacial score (nSPS) is 16.3. The van der Waals surface area contributed by atoms with Gasteiger partial charge >= 0.3 is 0 Å². The lowest BCUT2D eigenvalue weighted by molar-refractivity contribution is 0.270. The van der Waals surface area contributed by atoms with E-state index >= 15 is 0 Å². The van der Waals surface area contributed by atoms with Gasteiger partial charge < -0.3 is 20.4 Å². The van der Waals surface area contributed by atoms with Crippen LogP contribution in [0.25, 0.3) is 0 Å². The molecule has 3 rings (SSSR count). The number of benzene rings is 1. The lowest BCUT2D eigenvalue weighted by Crippen LogP contribution is -2.46. The number of guanidine groups is 1. The van der Waals surface area contributed by atoms with E-state index < -0.39 is 0 Å². The number of aliphatic imine (C=N–C) groups is 1. The minimum atomic E-state index is -0.183. The van der Waals surface area contributed by atoms with Crippen LogP contribution in [0, 0.1) is 12.7 Å². The van der Waals surface area contributed by atoms with E-state index in [1.165, 1.54) is 0 Å². The Balaban J connectivity index is 1.65. The van der Waals surface area contributed by atoms with Crippen LogP contribution in [0.5, 0.6) is 0 Å². The number of likely N-dealkylation sites (N-methyl/N-ethyl adjacent to an activating group) is 1. The first-order chi connectivity index (χ1) is 15.0. The molecule has 0 spiro atoms. The summed E-state index contributed by atoms with van der Waals surface area (Å²) in [4.78, 5) is 14.1. The first-order valence-corrected chi connectivity index (χ1v) is 11.2. The number of nitrogens with one attached hydrogen (secondary N) is 2. The van der Waals surface area contributed by atoms with Crippen LogP contribution in [-0.2, 0) is 6.54 Å². The molecule has 2 N–H and O–H groups in total. The number of anilines is 1. The quantitative estimate of drug-likeness (QED) is 0.524. The number of aromatic nitrogens is 1. The summed E-state index contributed by atoms with van der Waals surface area (Å²) in [5.74, 6) is 1.55. The molecule has 168 valence electrons. The predicted molar refractivity (Wildman–Crippen MR) is 126 cm³/mol. The van der Waals surface area contributed by atoms with Crippen LogP contribution in [0.4, 0.5) is 10.2 Å². The number of aryl methyl sites for hydroxylation is 1. The Morgan fingerprint density at radius 1 is 1.16 bits per heavy atom. The van der Waals surface area contributed by atoms with E-state index in [0.717, 1.165) is 56.2 Å². The molecule has 0 aliphatic carbocycles.